The predicted molar refractivity (Wildman–Crippen MR) is 51.1 cm³/mol. The summed E-state index contributed by atoms with van der Waals surface area (Å²) in [5.74, 6) is -1.12. The Labute approximate surface area is 82.3 Å². The molecule has 0 radical (unpaired) electrons. The summed E-state index contributed by atoms with van der Waals surface area (Å²) in [5.41, 5.74) is 1.05. The topological polar surface area (TPSA) is 46.5 Å². The van der Waals surface area contributed by atoms with Crippen molar-refractivity contribution < 1.29 is 14.6 Å². The first-order valence-corrected chi connectivity index (χ1v) is 4.56. The summed E-state index contributed by atoms with van der Waals surface area (Å²) in [6, 6.07) is 9.64. The zero-order chi connectivity index (χ0) is 10.1. The zero-order valence-electron chi connectivity index (χ0n) is 7.88. The van der Waals surface area contributed by atoms with Crippen LogP contribution in [0, 0.1) is 5.92 Å². The second-order valence-electron chi connectivity index (χ2n) is 3.50. The molecule has 0 aromatic heterocycles. The lowest BCUT2D eigenvalue weighted by atomic mass is 10.1. The highest BCUT2D eigenvalue weighted by atomic mass is 16.5. The minimum atomic E-state index is -0.772. The molecule has 1 aromatic carbocycles. The largest absolute Gasteiger partial charge is 0.481 e. The third-order valence-electron chi connectivity index (χ3n) is 2.70. The highest BCUT2D eigenvalue weighted by Gasteiger charge is 2.56. The van der Waals surface area contributed by atoms with Gasteiger partial charge in [-0.1, -0.05) is 30.3 Å². The standard InChI is InChI=1S/C11H12O3/c1-14-10-8(9(10)11(12)13)7-5-3-2-4-6-7/h2-6,8-10H,1H3,(H,12,13)/t8-,9-,10-/m0/s1. The molecule has 1 saturated carbocycles. The van der Waals surface area contributed by atoms with E-state index in [0.717, 1.165) is 5.56 Å². The number of methoxy groups -OCH3 is 1. The Hall–Kier alpha value is -1.35. The van der Waals surface area contributed by atoms with Crippen molar-refractivity contribution in [2.45, 2.75) is 12.0 Å². The first-order chi connectivity index (χ1) is 6.75. The Kier molecular flexibility index (Phi) is 2.25. The van der Waals surface area contributed by atoms with Crippen LogP contribution in [0.1, 0.15) is 11.5 Å². The summed E-state index contributed by atoms with van der Waals surface area (Å²) in [4.78, 5) is 10.8. The molecule has 3 nitrogen and oxygen atoms in total. The number of rotatable bonds is 3. The van der Waals surface area contributed by atoms with E-state index in [0.29, 0.717) is 0 Å². The molecule has 1 N–H and O–H groups in total. The molecule has 74 valence electrons. The van der Waals surface area contributed by atoms with Gasteiger partial charge in [-0.05, 0) is 5.56 Å². The fraction of sp³-hybridized carbons (Fsp3) is 0.364. The van der Waals surface area contributed by atoms with E-state index in [2.05, 4.69) is 0 Å². The van der Waals surface area contributed by atoms with E-state index in [1.54, 1.807) is 7.11 Å². The Morgan fingerprint density at radius 2 is 2.00 bits per heavy atom. The molecule has 0 amide bonds. The van der Waals surface area contributed by atoms with E-state index < -0.39 is 5.97 Å². The van der Waals surface area contributed by atoms with Crippen LogP contribution < -0.4 is 0 Å². The molecule has 2 rings (SSSR count). The molecule has 1 aliphatic rings. The fourth-order valence-electron chi connectivity index (χ4n) is 1.94. The van der Waals surface area contributed by atoms with Gasteiger partial charge in [-0.15, -0.1) is 0 Å². The van der Waals surface area contributed by atoms with Crippen LogP contribution in [-0.4, -0.2) is 24.3 Å². The van der Waals surface area contributed by atoms with Gasteiger partial charge in [-0.2, -0.15) is 0 Å². The first kappa shape index (κ1) is 9.21. The van der Waals surface area contributed by atoms with Gasteiger partial charge < -0.3 is 9.84 Å². The highest BCUT2D eigenvalue weighted by Crippen LogP contribution is 2.49. The van der Waals surface area contributed by atoms with Crippen molar-refractivity contribution in [1.82, 2.24) is 0 Å². The van der Waals surface area contributed by atoms with Crippen LogP contribution in [0.3, 0.4) is 0 Å². The number of carboxylic acid groups (broad SMARTS) is 1. The molecule has 0 bridgehead atoms. The van der Waals surface area contributed by atoms with Crippen molar-refractivity contribution >= 4 is 5.97 Å². The molecule has 1 aromatic rings. The Morgan fingerprint density at radius 3 is 2.43 bits per heavy atom. The SMILES string of the molecule is CO[C@@H]1[C@@H](C(=O)O)[C@@H]1c1ccccc1. The van der Waals surface area contributed by atoms with Crippen LogP contribution in [0.5, 0.6) is 0 Å². The lowest BCUT2D eigenvalue weighted by Gasteiger charge is -1.96. The van der Waals surface area contributed by atoms with Gasteiger partial charge in [0, 0.05) is 13.0 Å². The minimum absolute atomic E-state index is 0.0266. The summed E-state index contributed by atoms with van der Waals surface area (Å²) in [7, 11) is 1.56. The van der Waals surface area contributed by atoms with Gasteiger partial charge in [-0.25, -0.2) is 0 Å². The molecular weight excluding hydrogens is 180 g/mol. The second-order valence-corrected chi connectivity index (χ2v) is 3.50. The number of carboxylic acids is 1. The second kappa shape index (κ2) is 3.42. The number of carbonyl (C=O) groups is 1. The maximum absolute atomic E-state index is 10.8. The molecule has 14 heavy (non-hydrogen) atoms. The molecule has 3 atom stereocenters. The van der Waals surface area contributed by atoms with Gasteiger partial charge >= 0.3 is 5.97 Å². The van der Waals surface area contributed by atoms with Crippen LogP contribution in [0.4, 0.5) is 0 Å². The lowest BCUT2D eigenvalue weighted by Crippen LogP contribution is -2.02. The van der Waals surface area contributed by atoms with Crippen LogP contribution in [-0.2, 0) is 9.53 Å². The maximum Gasteiger partial charge on any atom is 0.309 e. The summed E-state index contributed by atoms with van der Waals surface area (Å²) in [5, 5.41) is 8.91. The number of ether oxygens (including phenoxy) is 1. The third kappa shape index (κ3) is 1.40. The Morgan fingerprint density at radius 1 is 1.36 bits per heavy atom. The van der Waals surface area contributed by atoms with Crippen LogP contribution in [0.2, 0.25) is 0 Å². The lowest BCUT2D eigenvalue weighted by molar-refractivity contribution is -0.139. The Bertz CT molecular complexity index is 334. The first-order valence-electron chi connectivity index (χ1n) is 4.56. The molecule has 0 unspecified atom stereocenters. The molecule has 1 aliphatic carbocycles. The molecular formula is C11H12O3. The smallest absolute Gasteiger partial charge is 0.309 e. The molecule has 1 fully saturated rings. The van der Waals surface area contributed by atoms with E-state index in [1.807, 2.05) is 30.3 Å². The average molecular weight is 192 g/mol. The van der Waals surface area contributed by atoms with E-state index in [1.165, 1.54) is 0 Å². The molecule has 0 spiro atoms. The van der Waals surface area contributed by atoms with Gasteiger partial charge in [0.1, 0.15) is 0 Å². The van der Waals surface area contributed by atoms with Gasteiger partial charge in [-0.3, -0.25) is 4.79 Å². The number of benzene rings is 1. The quantitative estimate of drug-likeness (QED) is 0.789. The van der Waals surface area contributed by atoms with Gasteiger partial charge in [0.05, 0.1) is 12.0 Å². The van der Waals surface area contributed by atoms with E-state index >= 15 is 0 Å². The van der Waals surface area contributed by atoms with Crippen molar-refractivity contribution in [3.05, 3.63) is 35.9 Å². The molecule has 3 heteroatoms. The van der Waals surface area contributed by atoms with E-state index in [-0.39, 0.29) is 17.9 Å². The monoisotopic (exact) mass is 192 g/mol. The van der Waals surface area contributed by atoms with Crippen LogP contribution >= 0.6 is 0 Å². The fourth-order valence-corrected chi connectivity index (χ4v) is 1.94. The third-order valence-corrected chi connectivity index (χ3v) is 2.70. The van der Waals surface area contributed by atoms with Crippen LogP contribution in [0.15, 0.2) is 30.3 Å². The van der Waals surface area contributed by atoms with Gasteiger partial charge in [0.2, 0.25) is 0 Å². The molecule has 0 saturated heterocycles. The van der Waals surface area contributed by atoms with E-state index in [9.17, 15) is 4.79 Å². The number of hydrogen-bond donors (Lipinski definition) is 1. The van der Waals surface area contributed by atoms with Crippen LogP contribution in [0.25, 0.3) is 0 Å². The normalized spacial score (nSPS) is 29.9. The summed E-state index contributed by atoms with van der Waals surface area (Å²) in [6.07, 6.45) is -0.158. The van der Waals surface area contributed by atoms with Gasteiger partial charge in [0.15, 0.2) is 0 Å². The van der Waals surface area contributed by atoms with Crippen molar-refractivity contribution in [3.8, 4) is 0 Å². The highest BCUT2D eigenvalue weighted by molar-refractivity contribution is 5.77. The summed E-state index contributed by atoms with van der Waals surface area (Å²) >= 11 is 0. The van der Waals surface area contributed by atoms with Crippen molar-refractivity contribution in [3.63, 3.8) is 0 Å². The summed E-state index contributed by atoms with van der Waals surface area (Å²) in [6.45, 7) is 0. The molecule has 0 heterocycles. The predicted octanol–water partition coefficient (Wildman–Crippen LogP) is 1.50. The zero-order valence-corrected chi connectivity index (χ0v) is 7.88. The molecule has 0 aliphatic heterocycles. The summed E-state index contributed by atoms with van der Waals surface area (Å²) < 4.78 is 5.12. The van der Waals surface area contributed by atoms with Crippen molar-refractivity contribution in [1.29, 1.82) is 0 Å². The van der Waals surface area contributed by atoms with Crippen molar-refractivity contribution in [2.75, 3.05) is 7.11 Å². The Balaban J connectivity index is 2.18. The minimum Gasteiger partial charge on any atom is -0.481 e. The number of hydrogen-bond acceptors (Lipinski definition) is 2. The van der Waals surface area contributed by atoms with E-state index in [4.69, 9.17) is 9.84 Å². The maximum atomic E-state index is 10.8. The van der Waals surface area contributed by atoms with Crippen molar-refractivity contribution in [2.24, 2.45) is 5.92 Å². The number of aliphatic carboxylic acids is 1. The average Bonchev–Trinajstić information content (AvgIpc) is 2.93. The van der Waals surface area contributed by atoms with Gasteiger partial charge in [0.25, 0.3) is 0 Å².